The molecule has 0 aromatic heterocycles. The van der Waals surface area contributed by atoms with E-state index in [1.165, 1.54) is 32.1 Å². The van der Waals surface area contributed by atoms with Crippen LogP contribution in [0.25, 0.3) is 0 Å². The Morgan fingerprint density at radius 3 is 2.76 bits per heavy atom. The summed E-state index contributed by atoms with van der Waals surface area (Å²) in [5.74, 6) is 0.946. The van der Waals surface area contributed by atoms with Gasteiger partial charge in [0.15, 0.2) is 0 Å². The number of hydrogen-bond donors (Lipinski definition) is 2. The molecular weight excluding hydrogens is 214 g/mol. The van der Waals surface area contributed by atoms with Gasteiger partial charge in [-0.05, 0) is 45.3 Å². The molecule has 2 fully saturated rings. The molecule has 1 amide bonds. The summed E-state index contributed by atoms with van der Waals surface area (Å²) >= 11 is 0. The first-order chi connectivity index (χ1) is 8.28. The van der Waals surface area contributed by atoms with E-state index in [9.17, 15) is 4.79 Å². The maximum absolute atomic E-state index is 11.9. The Labute approximate surface area is 104 Å². The highest BCUT2D eigenvalue weighted by atomic mass is 16.2. The van der Waals surface area contributed by atoms with Gasteiger partial charge in [0, 0.05) is 12.6 Å². The third-order valence-electron chi connectivity index (χ3n) is 3.95. The number of nitrogens with one attached hydrogen (secondary N) is 2. The monoisotopic (exact) mass is 239 g/mol. The largest absolute Gasteiger partial charge is 0.352 e. The van der Waals surface area contributed by atoms with Gasteiger partial charge in [0.2, 0.25) is 5.91 Å². The van der Waals surface area contributed by atoms with Crippen LogP contribution in [0.4, 0.5) is 0 Å². The second-order valence-electron chi connectivity index (χ2n) is 5.50. The quantitative estimate of drug-likeness (QED) is 0.738. The van der Waals surface area contributed by atoms with Crippen molar-refractivity contribution in [1.82, 2.24) is 15.5 Å². The van der Waals surface area contributed by atoms with Gasteiger partial charge in [-0.1, -0.05) is 12.8 Å². The molecule has 0 aromatic carbocycles. The van der Waals surface area contributed by atoms with E-state index in [4.69, 9.17) is 0 Å². The van der Waals surface area contributed by atoms with E-state index in [1.807, 2.05) is 7.05 Å². The van der Waals surface area contributed by atoms with Gasteiger partial charge in [-0.15, -0.1) is 0 Å². The average Bonchev–Trinajstić information content (AvgIpc) is 2.91. The molecule has 1 aliphatic heterocycles. The number of rotatable bonds is 5. The molecule has 0 aromatic rings. The van der Waals surface area contributed by atoms with Crippen LogP contribution in [0.2, 0.25) is 0 Å². The summed E-state index contributed by atoms with van der Waals surface area (Å²) in [4.78, 5) is 14.1. The van der Waals surface area contributed by atoms with Crippen molar-refractivity contribution >= 4 is 5.91 Å². The molecule has 2 rings (SSSR count). The molecule has 2 aliphatic rings. The third kappa shape index (κ3) is 3.96. The first kappa shape index (κ1) is 12.8. The highest BCUT2D eigenvalue weighted by Crippen LogP contribution is 2.18. The Morgan fingerprint density at radius 2 is 2.06 bits per heavy atom. The summed E-state index contributed by atoms with van der Waals surface area (Å²) in [5, 5.41) is 6.37. The zero-order valence-electron chi connectivity index (χ0n) is 10.9. The molecule has 0 bridgehead atoms. The van der Waals surface area contributed by atoms with E-state index in [2.05, 4.69) is 15.5 Å². The molecule has 1 atom stereocenters. The van der Waals surface area contributed by atoms with E-state index < -0.39 is 0 Å². The number of amides is 1. The van der Waals surface area contributed by atoms with Crippen LogP contribution >= 0.6 is 0 Å². The van der Waals surface area contributed by atoms with Gasteiger partial charge >= 0.3 is 0 Å². The molecule has 1 heterocycles. The van der Waals surface area contributed by atoms with Gasteiger partial charge in [-0.3, -0.25) is 9.69 Å². The second-order valence-corrected chi connectivity index (χ2v) is 5.50. The van der Waals surface area contributed by atoms with Crippen LogP contribution in [-0.2, 0) is 4.79 Å². The van der Waals surface area contributed by atoms with Crippen LogP contribution in [0, 0.1) is 5.92 Å². The first-order valence-electron chi connectivity index (χ1n) is 6.94. The number of carbonyl (C=O) groups excluding carboxylic acids is 1. The lowest BCUT2D eigenvalue weighted by molar-refractivity contribution is -0.122. The minimum atomic E-state index is 0.224. The highest BCUT2D eigenvalue weighted by molar-refractivity contribution is 5.78. The molecule has 1 saturated carbocycles. The summed E-state index contributed by atoms with van der Waals surface area (Å²) in [7, 11) is 2.00. The lowest BCUT2D eigenvalue weighted by Crippen LogP contribution is -2.40. The van der Waals surface area contributed by atoms with Crippen molar-refractivity contribution in [1.29, 1.82) is 0 Å². The molecule has 2 N–H and O–H groups in total. The lowest BCUT2D eigenvalue weighted by atomic mass is 10.1. The fraction of sp³-hybridized carbons (Fsp3) is 0.923. The van der Waals surface area contributed by atoms with E-state index in [0.29, 0.717) is 12.6 Å². The first-order valence-corrected chi connectivity index (χ1v) is 6.94. The van der Waals surface area contributed by atoms with Crippen molar-refractivity contribution in [3.8, 4) is 0 Å². The Balaban J connectivity index is 1.65. The summed E-state index contributed by atoms with van der Waals surface area (Å²) in [6.45, 7) is 3.81. The molecule has 98 valence electrons. The third-order valence-corrected chi connectivity index (χ3v) is 3.95. The second kappa shape index (κ2) is 6.36. The maximum atomic E-state index is 11.9. The molecule has 1 aliphatic carbocycles. The molecule has 4 heteroatoms. The van der Waals surface area contributed by atoms with Crippen LogP contribution in [0.1, 0.15) is 32.1 Å². The van der Waals surface area contributed by atoms with E-state index in [0.717, 1.165) is 25.6 Å². The smallest absolute Gasteiger partial charge is 0.234 e. The van der Waals surface area contributed by atoms with Crippen molar-refractivity contribution in [2.75, 3.05) is 33.2 Å². The number of carbonyl (C=O) groups is 1. The Kier molecular flexibility index (Phi) is 4.80. The van der Waals surface area contributed by atoms with Gasteiger partial charge < -0.3 is 10.6 Å². The van der Waals surface area contributed by atoms with Gasteiger partial charge in [0.25, 0.3) is 0 Å². The van der Waals surface area contributed by atoms with Crippen molar-refractivity contribution in [2.45, 2.75) is 38.1 Å². The van der Waals surface area contributed by atoms with Crippen molar-refractivity contribution in [3.63, 3.8) is 0 Å². The normalized spacial score (nSPS) is 26.5. The molecule has 0 spiro atoms. The zero-order chi connectivity index (χ0) is 12.1. The van der Waals surface area contributed by atoms with Crippen LogP contribution in [0.15, 0.2) is 0 Å². The Hall–Kier alpha value is -0.610. The van der Waals surface area contributed by atoms with Gasteiger partial charge in [-0.2, -0.15) is 0 Å². The van der Waals surface area contributed by atoms with Gasteiger partial charge in [-0.25, -0.2) is 0 Å². The molecule has 17 heavy (non-hydrogen) atoms. The number of nitrogens with zero attached hydrogens (tertiary/aromatic N) is 1. The highest BCUT2D eigenvalue weighted by Gasteiger charge is 2.24. The summed E-state index contributed by atoms with van der Waals surface area (Å²) in [6.07, 6.45) is 6.12. The SMILES string of the molecule is CNCC1CCN(CC(=O)NC2CCCC2)C1. The summed E-state index contributed by atoms with van der Waals surface area (Å²) in [6, 6.07) is 0.457. The van der Waals surface area contributed by atoms with Crippen molar-refractivity contribution < 1.29 is 4.79 Å². The standard InChI is InChI=1S/C13H25N3O/c1-14-8-11-6-7-16(9-11)10-13(17)15-12-4-2-3-5-12/h11-12,14H,2-10H2,1H3,(H,15,17). The van der Waals surface area contributed by atoms with Crippen LogP contribution in [0.3, 0.4) is 0 Å². The topological polar surface area (TPSA) is 44.4 Å². The number of hydrogen-bond acceptors (Lipinski definition) is 3. The zero-order valence-corrected chi connectivity index (χ0v) is 10.9. The molecular formula is C13H25N3O. The minimum Gasteiger partial charge on any atom is -0.352 e. The van der Waals surface area contributed by atoms with Crippen molar-refractivity contribution in [2.24, 2.45) is 5.92 Å². The fourth-order valence-electron chi connectivity index (χ4n) is 3.06. The van der Waals surface area contributed by atoms with Crippen LogP contribution < -0.4 is 10.6 Å². The summed E-state index contributed by atoms with van der Waals surface area (Å²) in [5.41, 5.74) is 0. The van der Waals surface area contributed by atoms with E-state index >= 15 is 0 Å². The summed E-state index contributed by atoms with van der Waals surface area (Å²) < 4.78 is 0. The predicted molar refractivity (Wildman–Crippen MR) is 68.9 cm³/mol. The van der Waals surface area contributed by atoms with Gasteiger partial charge in [0.1, 0.15) is 0 Å². The van der Waals surface area contributed by atoms with Crippen LogP contribution in [0.5, 0.6) is 0 Å². The molecule has 1 unspecified atom stereocenters. The molecule has 1 saturated heterocycles. The van der Waals surface area contributed by atoms with Crippen molar-refractivity contribution in [3.05, 3.63) is 0 Å². The molecule has 4 nitrogen and oxygen atoms in total. The minimum absolute atomic E-state index is 0.224. The fourth-order valence-corrected chi connectivity index (χ4v) is 3.06. The van der Waals surface area contributed by atoms with E-state index in [1.54, 1.807) is 0 Å². The predicted octanol–water partition coefficient (Wildman–Crippen LogP) is 0.587. The van der Waals surface area contributed by atoms with Crippen LogP contribution in [-0.4, -0.2) is 50.1 Å². The molecule has 0 radical (unpaired) electrons. The Morgan fingerprint density at radius 1 is 1.29 bits per heavy atom. The lowest BCUT2D eigenvalue weighted by Gasteiger charge is -2.18. The Bertz CT molecular complexity index is 251. The average molecular weight is 239 g/mol. The van der Waals surface area contributed by atoms with E-state index in [-0.39, 0.29) is 5.91 Å². The van der Waals surface area contributed by atoms with Gasteiger partial charge in [0.05, 0.1) is 6.54 Å². The number of likely N-dealkylation sites (tertiary alicyclic amines) is 1. The maximum Gasteiger partial charge on any atom is 0.234 e.